The fourth-order valence-corrected chi connectivity index (χ4v) is 3.41. The first-order chi connectivity index (χ1) is 14.8. The van der Waals surface area contributed by atoms with Crippen molar-refractivity contribution in [2.45, 2.75) is 31.9 Å². The van der Waals surface area contributed by atoms with Gasteiger partial charge in [-0.3, -0.25) is 4.79 Å². The van der Waals surface area contributed by atoms with Crippen LogP contribution in [0.15, 0.2) is 48.7 Å². The summed E-state index contributed by atoms with van der Waals surface area (Å²) in [5.41, 5.74) is 1.93. The summed E-state index contributed by atoms with van der Waals surface area (Å²) in [6.07, 6.45) is -2.56. The van der Waals surface area contributed by atoms with Crippen LogP contribution in [-0.2, 0) is 30.2 Å². The Kier molecular flexibility index (Phi) is 5.58. The molecule has 1 amide bonds. The summed E-state index contributed by atoms with van der Waals surface area (Å²) in [6, 6.07) is 10.9. The van der Waals surface area contributed by atoms with E-state index in [1.54, 1.807) is 12.1 Å². The maximum absolute atomic E-state index is 13.4. The maximum Gasteiger partial charge on any atom is 0.419 e. The van der Waals surface area contributed by atoms with Gasteiger partial charge in [-0.2, -0.15) is 13.2 Å². The van der Waals surface area contributed by atoms with Crippen LogP contribution in [0.1, 0.15) is 28.8 Å². The zero-order chi connectivity index (χ0) is 22.0. The van der Waals surface area contributed by atoms with E-state index in [4.69, 9.17) is 0 Å². The molecule has 0 aliphatic carbocycles. The summed E-state index contributed by atoms with van der Waals surface area (Å²) >= 11 is 0. The second-order valence-corrected chi connectivity index (χ2v) is 7.22. The van der Waals surface area contributed by atoms with Gasteiger partial charge in [0.2, 0.25) is 11.9 Å². The van der Waals surface area contributed by atoms with E-state index in [1.165, 1.54) is 24.3 Å². The lowest BCUT2D eigenvalue weighted by Gasteiger charge is -2.18. The molecule has 3 aromatic rings. The minimum absolute atomic E-state index is 0.0217. The minimum Gasteiger partial charge on any atom is -0.326 e. The molecule has 1 aliphatic heterocycles. The molecule has 5 nitrogen and oxygen atoms in total. The van der Waals surface area contributed by atoms with Crippen LogP contribution in [0.5, 0.6) is 0 Å². The van der Waals surface area contributed by atoms with Crippen molar-refractivity contribution in [1.29, 1.82) is 0 Å². The first kappa shape index (κ1) is 20.8. The van der Waals surface area contributed by atoms with Crippen molar-refractivity contribution in [3.05, 3.63) is 76.9 Å². The number of anilines is 3. The Morgan fingerprint density at radius 2 is 1.81 bits per heavy atom. The number of amides is 1. The van der Waals surface area contributed by atoms with E-state index < -0.39 is 17.6 Å². The molecule has 0 saturated heterocycles. The fraction of sp³-hybridized carbons (Fsp3) is 0.227. The van der Waals surface area contributed by atoms with Crippen LogP contribution < -0.4 is 10.6 Å². The predicted molar refractivity (Wildman–Crippen MR) is 108 cm³/mol. The number of aryl methyl sites for hydroxylation is 3. The molecule has 0 bridgehead atoms. The number of hydrogen-bond donors (Lipinski definition) is 2. The summed E-state index contributed by atoms with van der Waals surface area (Å²) in [6.45, 7) is 0. The normalized spacial score (nSPS) is 13.5. The van der Waals surface area contributed by atoms with E-state index in [0.717, 1.165) is 17.4 Å². The largest absolute Gasteiger partial charge is 0.419 e. The van der Waals surface area contributed by atoms with Crippen molar-refractivity contribution in [1.82, 2.24) is 9.97 Å². The summed E-state index contributed by atoms with van der Waals surface area (Å²) < 4.78 is 53.3. The van der Waals surface area contributed by atoms with Gasteiger partial charge in [-0.25, -0.2) is 14.4 Å². The lowest BCUT2D eigenvalue weighted by atomic mass is 10.0. The van der Waals surface area contributed by atoms with Crippen LogP contribution in [0.2, 0.25) is 0 Å². The molecule has 31 heavy (non-hydrogen) atoms. The Labute approximate surface area is 175 Å². The molecule has 9 heteroatoms. The van der Waals surface area contributed by atoms with Crippen molar-refractivity contribution in [2.75, 3.05) is 10.6 Å². The van der Waals surface area contributed by atoms with Crippen molar-refractivity contribution >= 4 is 23.2 Å². The van der Waals surface area contributed by atoms with Gasteiger partial charge in [0.1, 0.15) is 5.82 Å². The maximum atomic E-state index is 13.4. The van der Waals surface area contributed by atoms with Gasteiger partial charge in [0.05, 0.1) is 11.3 Å². The Bertz CT molecular complexity index is 1110. The van der Waals surface area contributed by atoms with Gasteiger partial charge >= 0.3 is 6.18 Å². The Balaban J connectivity index is 1.56. The van der Waals surface area contributed by atoms with E-state index in [9.17, 15) is 22.4 Å². The quantitative estimate of drug-likeness (QED) is 0.556. The number of carbonyl (C=O) groups excluding carboxylic acids is 1. The van der Waals surface area contributed by atoms with Crippen molar-refractivity contribution in [2.24, 2.45) is 0 Å². The first-order valence-corrected chi connectivity index (χ1v) is 9.65. The summed E-state index contributed by atoms with van der Waals surface area (Å²) in [4.78, 5) is 19.4. The molecule has 4 rings (SSSR count). The van der Waals surface area contributed by atoms with Crippen molar-refractivity contribution in [3.63, 3.8) is 0 Å². The van der Waals surface area contributed by atoms with Gasteiger partial charge in [0, 0.05) is 24.0 Å². The fourth-order valence-electron chi connectivity index (χ4n) is 3.41. The lowest BCUT2D eigenvalue weighted by Crippen LogP contribution is -2.19. The summed E-state index contributed by atoms with van der Waals surface area (Å²) in [5, 5.41) is 5.71. The molecule has 0 radical (unpaired) electrons. The number of hydrogen-bond acceptors (Lipinski definition) is 4. The third kappa shape index (κ3) is 4.99. The molecule has 1 aromatic heterocycles. The molecular formula is C22H18F4N4O. The number of alkyl halides is 3. The number of fused-ring (bicyclic) bond motifs is 1. The molecule has 2 aromatic carbocycles. The molecule has 0 saturated carbocycles. The van der Waals surface area contributed by atoms with Gasteiger partial charge in [-0.15, -0.1) is 0 Å². The van der Waals surface area contributed by atoms with Crippen molar-refractivity contribution in [3.8, 4) is 0 Å². The number of rotatable bonds is 5. The number of carbonyl (C=O) groups is 1. The van der Waals surface area contributed by atoms with Crippen molar-refractivity contribution < 1.29 is 22.4 Å². The third-order valence-corrected chi connectivity index (χ3v) is 4.99. The lowest BCUT2D eigenvalue weighted by molar-refractivity contribution is -0.138. The molecule has 2 N–H and O–H groups in total. The highest BCUT2D eigenvalue weighted by atomic mass is 19.4. The standard InChI is InChI=1S/C22H18F4N4O/c23-15-5-1-13(2-6-15)3-8-19-17(22(24,25)26)12-27-21(30-19)28-16-7-9-18-14(11-16)4-10-20(31)29-18/h1-2,5-7,9,11-12H,3-4,8,10H2,(H,29,31)(H,27,28,30). The minimum atomic E-state index is -4.58. The van der Waals surface area contributed by atoms with Gasteiger partial charge < -0.3 is 10.6 Å². The number of aromatic nitrogens is 2. The van der Waals surface area contributed by atoms with E-state index in [0.29, 0.717) is 24.1 Å². The monoisotopic (exact) mass is 430 g/mol. The zero-order valence-corrected chi connectivity index (χ0v) is 16.3. The van der Waals surface area contributed by atoms with Crippen LogP contribution in [-0.4, -0.2) is 15.9 Å². The number of benzene rings is 2. The van der Waals surface area contributed by atoms with Gasteiger partial charge in [-0.05, 0) is 60.7 Å². The molecule has 2 heterocycles. The van der Waals surface area contributed by atoms with Crippen LogP contribution in [0.25, 0.3) is 0 Å². The molecule has 0 atom stereocenters. The van der Waals surface area contributed by atoms with E-state index in [1.807, 2.05) is 6.07 Å². The third-order valence-electron chi connectivity index (χ3n) is 4.99. The van der Waals surface area contributed by atoms with E-state index in [-0.39, 0.29) is 30.4 Å². The molecule has 0 spiro atoms. The summed E-state index contributed by atoms with van der Waals surface area (Å²) in [5.74, 6) is -0.412. The van der Waals surface area contributed by atoms with Crippen LogP contribution in [0, 0.1) is 5.82 Å². The Hall–Kier alpha value is -3.49. The van der Waals surface area contributed by atoms with Gasteiger partial charge in [0.15, 0.2) is 0 Å². The van der Waals surface area contributed by atoms with Gasteiger partial charge in [0.25, 0.3) is 0 Å². The number of halogens is 4. The first-order valence-electron chi connectivity index (χ1n) is 9.65. The topological polar surface area (TPSA) is 66.9 Å². The van der Waals surface area contributed by atoms with E-state index >= 15 is 0 Å². The second kappa shape index (κ2) is 8.33. The Morgan fingerprint density at radius 1 is 1.03 bits per heavy atom. The SMILES string of the molecule is O=C1CCc2cc(Nc3ncc(C(F)(F)F)c(CCc4ccc(F)cc4)n3)ccc2N1. The zero-order valence-electron chi connectivity index (χ0n) is 16.3. The molecule has 1 aliphatic rings. The highest BCUT2D eigenvalue weighted by molar-refractivity contribution is 5.94. The predicted octanol–water partition coefficient (Wildman–Crippen LogP) is 5.05. The number of nitrogens with one attached hydrogen (secondary N) is 2. The van der Waals surface area contributed by atoms with Gasteiger partial charge in [-0.1, -0.05) is 12.1 Å². The van der Waals surface area contributed by atoms with E-state index in [2.05, 4.69) is 20.6 Å². The second-order valence-electron chi connectivity index (χ2n) is 7.22. The molecule has 0 fully saturated rings. The molecular weight excluding hydrogens is 412 g/mol. The average Bonchev–Trinajstić information content (AvgIpc) is 2.73. The van der Waals surface area contributed by atoms with Crippen LogP contribution in [0.4, 0.5) is 34.9 Å². The average molecular weight is 430 g/mol. The summed E-state index contributed by atoms with van der Waals surface area (Å²) in [7, 11) is 0. The smallest absolute Gasteiger partial charge is 0.326 e. The number of nitrogens with zero attached hydrogens (tertiary/aromatic N) is 2. The van der Waals surface area contributed by atoms with Crippen LogP contribution in [0.3, 0.4) is 0 Å². The highest BCUT2D eigenvalue weighted by Crippen LogP contribution is 2.32. The molecule has 0 unspecified atom stereocenters. The van der Waals surface area contributed by atoms with Crippen LogP contribution >= 0.6 is 0 Å². The molecule has 160 valence electrons. The highest BCUT2D eigenvalue weighted by Gasteiger charge is 2.34. The Morgan fingerprint density at radius 3 is 2.55 bits per heavy atom.